The van der Waals surface area contributed by atoms with Crippen molar-refractivity contribution in [3.8, 4) is 0 Å². The average Bonchev–Trinajstić information content (AvgIpc) is 2.20. The van der Waals surface area contributed by atoms with Crippen LogP contribution in [0.15, 0.2) is 30.3 Å². The molecule has 0 radical (unpaired) electrons. The van der Waals surface area contributed by atoms with E-state index in [1.54, 1.807) is 5.57 Å². The Bertz CT molecular complexity index is 330. The maximum atomic E-state index is 2.42. The Morgan fingerprint density at radius 2 is 1.86 bits per heavy atom. The van der Waals surface area contributed by atoms with E-state index in [1.165, 1.54) is 30.4 Å². The first-order chi connectivity index (χ1) is 6.77. The molecule has 1 aliphatic carbocycles. The van der Waals surface area contributed by atoms with Crippen LogP contribution in [-0.2, 0) is 0 Å². The lowest BCUT2D eigenvalue weighted by atomic mass is 9.85. The van der Waals surface area contributed by atoms with Gasteiger partial charge in [-0.2, -0.15) is 0 Å². The summed E-state index contributed by atoms with van der Waals surface area (Å²) in [7, 11) is 0. The molecule has 0 spiro atoms. The molecule has 0 aliphatic heterocycles. The van der Waals surface area contributed by atoms with Gasteiger partial charge in [-0.25, -0.2) is 0 Å². The lowest BCUT2D eigenvalue weighted by Gasteiger charge is -2.20. The molecule has 0 fully saturated rings. The van der Waals surface area contributed by atoms with Crippen molar-refractivity contribution in [1.29, 1.82) is 0 Å². The van der Waals surface area contributed by atoms with Crippen molar-refractivity contribution in [3.05, 3.63) is 41.5 Å². The summed E-state index contributed by atoms with van der Waals surface area (Å²) in [5.74, 6) is 0.742. The number of allylic oxidation sites excluding steroid dienone is 2. The van der Waals surface area contributed by atoms with Gasteiger partial charge in [0.15, 0.2) is 0 Å². The van der Waals surface area contributed by atoms with E-state index >= 15 is 0 Å². The molecular formula is C14H18. The van der Waals surface area contributed by atoms with Crippen LogP contribution >= 0.6 is 0 Å². The predicted molar refractivity (Wildman–Crippen MR) is 62.2 cm³/mol. The molecule has 1 aliphatic rings. The van der Waals surface area contributed by atoms with E-state index in [9.17, 15) is 0 Å². The second-order valence-corrected chi connectivity index (χ2v) is 4.36. The van der Waals surface area contributed by atoms with E-state index in [4.69, 9.17) is 0 Å². The number of hydrogen-bond acceptors (Lipinski definition) is 0. The van der Waals surface area contributed by atoms with Gasteiger partial charge in [-0.05, 0) is 43.2 Å². The summed E-state index contributed by atoms with van der Waals surface area (Å²) in [6.07, 6.45) is 6.38. The van der Waals surface area contributed by atoms with E-state index in [0.29, 0.717) is 0 Å². The Hall–Kier alpha value is -1.04. The standard InChI is InChI=1S/C14H18/c1-11-7-9-13(10-8-11)14-6-4-3-5-12(14)2/h6-10,12H,3-5H2,1-2H3. The van der Waals surface area contributed by atoms with Crippen LogP contribution in [0.5, 0.6) is 0 Å². The van der Waals surface area contributed by atoms with Gasteiger partial charge in [-0.3, -0.25) is 0 Å². The fourth-order valence-corrected chi connectivity index (χ4v) is 2.19. The Morgan fingerprint density at radius 3 is 2.50 bits per heavy atom. The van der Waals surface area contributed by atoms with Crippen LogP contribution in [0.25, 0.3) is 5.57 Å². The Kier molecular flexibility index (Phi) is 2.72. The van der Waals surface area contributed by atoms with Crippen molar-refractivity contribution in [2.45, 2.75) is 33.1 Å². The monoisotopic (exact) mass is 186 g/mol. The van der Waals surface area contributed by atoms with Gasteiger partial charge in [0, 0.05) is 0 Å². The second-order valence-electron chi connectivity index (χ2n) is 4.36. The summed E-state index contributed by atoms with van der Waals surface area (Å²) in [5, 5.41) is 0. The molecule has 1 aromatic rings. The second kappa shape index (κ2) is 4.00. The van der Waals surface area contributed by atoms with Crippen LogP contribution in [0.3, 0.4) is 0 Å². The van der Waals surface area contributed by atoms with Crippen LogP contribution in [0.2, 0.25) is 0 Å². The number of rotatable bonds is 1. The van der Waals surface area contributed by atoms with Crippen molar-refractivity contribution >= 4 is 5.57 Å². The molecule has 14 heavy (non-hydrogen) atoms. The first-order valence-corrected chi connectivity index (χ1v) is 5.54. The number of benzene rings is 1. The van der Waals surface area contributed by atoms with Crippen molar-refractivity contribution in [3.63, 3.8) is 0 Å². The first kappa shape index (κ1) is 9.51. The molecule has 1 unspecified atom stereocenters. The minimum atomic E-state index is 0.742. The largest absolute Gasteiger partial charge is 0.0804 e. The molecule has 0 bridgehead atoms. The minimum Gasteiger partial charge on any atom is -0.0804 e. The van der Waals surface area contributed by atoms with E-state index < -0.39 is 0 Å². The number of hydrogen-bond donors (Lipinski definition) is 0. The predicted octanol–water partition coefficient (Wildman–Crippen LogP) is 4.20. The summed E-state index contributed by atoms with van der Waals surface area (Å²) in [6.45, 7) is 4.48. The molecule has 0 amide bonds. The summed E-state index contributed by atoms with van der Waals surface area (Å²) in [6, 6.07) is 8.92. The van der Waals surface area contributed by atoms with Gasteiger partial charge in [-0.1, -0.05) is 42.8 Å². The zero-order valence-corrected chi connectivity index (χ0v) is 9.09. The average molecular weight is 186 g/mol. The molecule has 0 saturated carbocycles. The van der Waals surface area contributed by atoms with Crippen LogP contribution in [0.1, 0.15) is 37.3 Å². The lowest BCUT2D eigenvalue weighted by Crippen LogP contribution is -2.03. The summed E-state index contributed by atoms with van der Waals surface area (Å²) >= 11 is 0. The quantitative estimate of drug-likeness (QED) is 0.616. The maximum Gasteiger partial charge on any atom is -0.0188 e. The molecular weight excluding hydrogens is 168 g/mol. The fourth-order valence-electron chi connectivity index (χ4n) is 2.19. The highest BCUT2D eigenvalue weighted by Gasteiger charge is 2.13. The third-order valence-electron chi connectivity index (χ3n) is 3.12. The molecule has 0 saturated heterocycles. The van der Waals surface area contributed by atoms with Gasteiger partial charge in [0.25, 0.3) is 0 Å². The van der Waals surface area contributed by atoms with Crippen molar-refractivity contribution in [2.75, 3.05) is 0 Å². The molecule has 1 aromatic carbocycles. The first-order valence-electron chi connectivity index (χ1n) is 5.54. The zero-order chi connectivity index (χ0) is 9.97. The minimum absolute atomic E-state index is 0.742. The smallest absolute Gasteiger partial charge is 0.0188 e. The third kappa shape index (κ3) is 1.89. The van der Waals surface area contributed by atoms with Gasteiger partial charge in [-0.15, -0.1) is 0 Å². The summed E-state index contributed by atoms with van der Waals surface area (Å²) < 4.78 is 0. The highest BCUT2D eigenvalue weighted by Crippen LogP contribution is 2.31. The van der Waals surface area contributed by atoms with Crippen molar-refractivity contribution in [2.24, 2.45) is 5.92 Å². The molecule has 0 heterocycles. The zero-order valence-electron chi connectivity index (χ0n) is 9.09. The van der Waals surface area contributed by atoms with Crippen LogP contribution in [-0.4, -0.2) is 0 Å². The summed E-state index contributed by atoms with van der Waals surface area (Å²) in [4.78, 5) is 0. The van der Waals surface area contributed by atoms with E-state index in [1.807, 2.05) is 0 Å². The molecule has 0 nitrogen and oxygen atoms in total. The molecule has 74 valence electrons. The van der Waals surface area contributed by atoms with Gasteiger partial charge in [0.2, 0.25) is 0 Å². The summed E-state index contributed by atoms with van der Waals surface area (Å²) in [5.41, 5.74) is 4.32. The van der Waals surface area contributed by atoms with Crippen LogP contribution < -0.4 is 0 Å². The Morgan fingerprint density at radius 1 is 1.14 bits per heavy atom. The maximum absolute atomic E-state index is 2.42. The third-order valence-corrected chi connectivity index (χ3v) is 3.12. The van der Waals surface area contributed by atoms with Gasteiger partial charge in [0.05, 0.1) is 0 Å². The highest BCUT2D eigenvalue weighted by atomic mass is 14.2. The Labute approximate surface area is 86.7 Å². The lowest BCUT2D eigenvalue weighted by molar-refractivity contribution is 0.601. The highest BCUT2D eigenvalue weighted by molar-refractivity contribution is 5.67. The molecule has 0 aromatic heterocycles. The van der Waals surface area contributed by atoms with Gasteiger partial charge >= 0.3 is 0 Å². The number of aryl methyl sites for hydroxylation is 1. The SMILES string of the molecule is Cc1ccc(C2=CCCCC2C)cc1. The van der Waals surface area contributed by atoms with Crippen LogP contribution in [0, 0.1) is 12.8 Å². The normalized spacial score (nSPS) is 21.9. The van der Waals surface area contributed by atoms with Crippen molar-refractivity contribution < 1.29 is 0 Å². The van der Waals surface area contributed by atoms with E-state index in [0.717, 1.165) is 5.92 Å². The van der Waals surface area contributed by atoms with Gasteiger partial charge < -0.3 is 0 Å². The van der Waals surface area contributed by atoms with Crippen LogP contribution in [0.4, 0.5) is 0 Å². The van der Waals surface area contributed by atoms with E-state index in [-0.39, 0.29) is 0 Å². The molecule has 2 rings (SSSR count). The molecule has 1 atom stereocenters. The van der Waals surface area contributed by atoms with Gasteiger partial charge in [0.1, 0.15) is 0 Å². The van der Waals surface area contributed by atoms with Crippen molar-refractivity contribution in [1.82, 2.24) is 0 Å². The van der Waals surface area contributed by atoms with E-state index in [2.05, 4.69) is 44.2 Å². The fraction of sp³-hybridized carbons (Fsp3) is 0.429. The topological polar surface area (TPSA) is 0 Å². The Balaban J connectivity index is 2.29. The molecule has 0 N–H and O–H groups in total. The molecule has 0 heteroatoms.